The standard InChI is InChI=1S/C17H19NO2S/c19-11-13-7-8-18(10-13)17(20)12-21-16-6-5-14-3-1-2-4-15(14)9-16/h1-6,9,13,19H,7-8,10-12H2. The first-order valence-electron chi connectivity index (χ1n) is 7.26. The summed E-state index contributed by atoms with van der Waals surface area (Å²) in [5.74, 6) is 0.903. The molecule has 4 heteroatoms. The van der Waals surface area contributed by atoms with Gasteiger partial charge in [0, 0.05) is 30.5 Å². The first-order chi connectivity index (χ1) is 10.3. The fourth-order valence-electron chi connectivity index (χ4n) is 2.70. The van der Waals surface area contributed by atoms with E-state index in [1.54, 1.807) is 11.8 Å². The van der Waals surface area contributed by atoms with E-state index in [0.29, 0.717) is 12.3 Å². The summed E-state index contributed by atoms with van der Waals surface area (Å²) in [4.78, 5) is 15.2. The average Bonchev–Trinajstić information content (AvgIpc) is 3.01. The molecule has 1 saturated heterocycles. The van der Waals surface area contributed by atoms with E-state index >= 15 is 0 Å². The first kappa shape index (κ1) is 14.4. The molecule has 1 unspecified atom stereocenters. The average molecular weight is 301 g/mol. The third-order valence-corrected chi connectivity index (χ3v) is 4.96. The Kier molecular flexibility index (Phi) is 4.46. The molecule has 1 atom stereocenters. The molecule has 2 aromatic carbocycles. The number of carbonyl (C=O) groups is 1. The van der Waals surface area contributed by atoms with E-state index in [4.69, 9.17) is 5.11 Å². The molecule has 0 aliphatic carbocycles. The molecule has 1 amide bonds. The molecule has 1 fully saturated rings. The van der Waals surface area contributed by atoms with E-state index in [1.807, 2.05) is 17.0 Å². The van der Waals surface area contributed by atoms with Crippen molar-refractivity contribution in [3.05, 3.63) is 42.5 Å². The number of fused-ring (bicyclic) bond motifs is 1. The van der Waals surface area contributed by atoms with Crippen LogP contribution in [-0.4, -0.2) is 41.4 Å². The number of nitrogens with zero attached hydrogens (tertiary/aromatic N) is 1. The molecule has 1 heterocycles. The van der Waals surface area contributed by atoms with Gasteiger partial charge in [-0.05, 0) is 29.3 Å². The van der Waals surface area contributed by atoms with Crippen LogP contribution in [0.3, 0.4) is 0 Å². The van der Waals surface area contributed by atoms with E-state index in [2.05, 4.69) is 30.3 Å². The van der Waals surface area contributed by atoms with Crippen molar-refractivity contribution in [1.29, 1.82) is 0 Å². The van der Waals surface area contributed by atoms with Gasteiger partial charge in [-0.3, -0.25) is 4.79 Å². The van der Waals surface area contributed by atoms with Crippen molar-refractivity contribution in [2.45, 2.75) is 11.3 Å². The van der Waals surface area contributed by atoms with Crippen LogP contribution in [0, 0.1) is 5.92 Å². The van der Waals surface area contributed by atoms with Gasteiger partial charge < -0.3 is 10.0 Å². The minimum Gasteiger partial charge on any atom is -0.396 e. The summed E-state index contributed by atoms with van der Waals surface area (Å²) < 4.78 is 0. The highest BCUT2D eigenvalue weighted by molar-refractivity contribution is 8.00. The number of aliphatic hydroxyl groups is 1. The largest absolute Gasteiger partial charge is 0.396 e. The Morgan fingerprint density at radius 2 is 2.05 bits per heavy atom. The molecular weight excluding hydrogens is 282 g/mol. The van der Waals surface area contributed by atoms with Crippen LogP contribution >= 0.6 is 11.8 Å². The van der Waals surface area contributed by atoms with Crippen LogP contribution in [0.25, 0.3) is 10.8 Å². The number of aliphatic hydroxyl groups excluding tert-OH is 1. The number of benzene rings is 2. The maximum atomic E-state index is 12.2. The second kappa shape index (κ2) is 6.50. The van der Waals surface area contributed by atoms with Crippen LogP contribution in [0.5, 0.6) is 0 Å². The fraction of sp³-hybridized carbons (Fsp3) is 0.353. The molecule has 2 aromatic rings. The lowest BCUT2D eigenvalue weighted by Gasteiger charge is -2.15. The van der Waals surface area contributed by atoms with Crippen molar-refractivity contribution < 1.29 is 9.90 Å². The molecule has 3 nitrogen and oxygen atoms in total. The number of hydrogen-bond acceptors (Lipinski definition) is 3. The molecule has 1 N–H and O–H groups in total. The number of carbonyl (C=O) groups excluding carboxylic acids is 1. The summed E-state index contributed by atoms with van der Waals surface area (Å²) in [6.07, 6.45) is 0.920. The van der Waals surface area contributed by atoms with Crippen molar-refractivity contribution in [2.75, 3.05) is 25.4 Å². The van der Waals surface area contributed by atoms with E-state index in [9.17, 15) is 4.79 Å². The molecule has 1 aliphatic rings. The van der Waals surface area contributed by atoms with E-state index in [-0.39, 0.29) is 18.4 Å². The molecule has 0 bridgehead atoms. The number of hydrogen-bond donors (Lipinski definition) is 1. The van der Waals surface area contributed by atoms with E-state index < -0.39 is 0 Å². The number of thioether (sulfide) groups is 1. The quantitative estimate of drug-likeness (QED) is 0.883. The Balaban J connectivity index is 1.60. The Morgan fingerprint density at radius 1 is 1.24 bits per heavy atom. The van der Waals surface area contributed by atoms with Crippen molar-refractivity contribution in [3.63, 3.8) is 0 Å². The monoisotopic (exact) mass is 301 g/mol. The summed E-state index contributed by atoms with van der Waals surface area (Å²) >= 11 is 1.59. The topological polar surface area (TPSA) is 40.5 Å². The smallest absolute Gasteiger partial charge is 0.232 e. The molecule has 21 heavy (non-hydrogen) atoms. The SMILES string of the molecule is O=C(CSc1ccc2ccccc2c1)N1CCC(CO)C1. The maximum Gasteiger partial charge on any atom is 0.232 e. The Hall–Kier alpha value is -1.52. The van der Waals surface area contributed by atoms with Gasteiger partial charge in [-0.25, -0.2) is 0 Å². The van der Waals surface area contributed by atoms with Gasteiger partial charge in [-0.2, -0.15) is 0 Å². The number of rotatable bonds is 4. The molecule has 0 radical (unpaired) electrons. The lowest BCUT2D eigenvalue weighted by Crippen LogP contribution is -2.30. The maximum absolute atomic E-state index is 12.2. The predicted octanol–water partition coefficient (Wildman–Crippen LogP) is 2.77. The highest BCUT2D eigenvalue weighted by atomic mass is 32.2. The second-order valence-electron chi connectivity index (χ2n) is 5.47. The molecule has 3 rings (SSSR count). The molecule has 0 spiro atoms. The summed E-state index contributed by atoms with van der Waals surface area (Å²) in [6, 6.07) is 14.5. The summed E-state index contributed by atoms with van der Waals surface area (Å²) in [5.41, 5.74) is 0. The van der Waals surface area contributed by atoms with Gasteiger partial charge in [0.2, 0.25) is 5.91 Å². The van der Waals surface area contributed by atoms with Crippen LogP contribution < -0.4 is 0 Å². The van der Waals surface area contributed by atoms with Gasteiger partial charge in [0.15, 0.2) is 0 Å². The Labute approximate surface area is 129 Å². The zero-order valence-electron chi connectivity index (χ0n) is 11.9. The van der Waals surface area contributed by atoms with Crippen molar-refractivity contribution >= 4 is 28.4 Å². The third kappa shape index (κ3) is 3.39. The fourth-order valence-corrected chi connectivity index (χ4v) is 3.55. The van der Waals surface area contributed by atoms with Gasteiger partial charge in [0.05, 0.1) is 5.75 Å². The van der Waals surface area contributed by atoms with Crippen LogP contribution in [0.2, 0.25) is 0 Å². The lowest BCUT2D eigenvalue weighted by atomic mass is 10.1. The molecule has 0 aromatic heterocycles. The van der Waals surface area contributed by atoms with Crippen molar-refractivity contribution in [3.8, 4) is 0 Å². The normalized spacial score (nSPS) is 18.3. The lowest BCUT2D eigenvalue weighted by molar-refractivity contribution is -0.127. The molecule has 1 aliphatic heterocycles. The summed E-state index contributed by atoms with van der Waals surface area (Å²) in [7, 11) is 0. The summed E-state index contributed by atoms with van der Waals surface area (Å²) in [6.45, 7) is 1.66. The van der Waals surface area contributed by atoms with Crippen LogP contribution in [0.1, 0.15) is 6.42 Å². The van der Waals surface area contributed by atoms with Crippen LogP contribution in [0.4, 0.5) is 0 Å². The predicted molar refractivity (Wildman–Crippen MR) is 86.4 cm³/mol. The first-order valence-corrected chi connectivity index (χ1v) is 8.25. The Morgan fingerprint density at radius 3 is 2.81 bits per heavy atom. The minimum atomic E-state index is 0.170. The zero-order valence-corrected chi connectivity index (χ0v) is 12.7. The van der Waals surface area contributed by atoms with E-state index in [0.717, 1.165) is 17.9 Å². The highest BCUT2D eigenvalue weighted by Crippen LogP contribution is 2.25. The molecule has 110 valence electrons. The van der Waals surface area contributed by atoms with E-state index in [1.165, 1.54) is 10.8 Å². The molecule has 0 saturated carbocycles. The Bertz CT molecular complexity index is 643. The van der Waals surface area contributed by atoms with Gasteiger partial charge in [-0.1, -0.05) is 30.3 Å². The number of amides is 1. The number of likely N-dealkylation sites (tertiary alicyclic amines) is 1. The molecular formula is C17H19NO2S. The zero-order chi connectivity index (χ0) is 14.7. The van der Waals surface area contributed by atoms with Gasteiger partial charge in [0.25, 0.3) is 0 Å². The van der Waals surface area contributed by atoms with Crippen LogP contribution in [0.15, 0.2) is 47.4 Å². The summed E-state index contributed by atoms with van der Waals surface area (Å²) in [5, 5.41) is 11.6. The van der Waals surface area contributed by atoms with Gasteiger partial charge in [0.1, 0.15) is 0 Å². The second-order valence-corrected chi connectivity index (χ2v) is 6.52. The minimum absolute atomic E-state index is 0.170. The van der Waals surface area contributed by atoms with Gasteiger partial charge >= 0.3 is 0 Å². The van der Waals surface area contributed by atoms with Crippen molar-refractivity contribution in [2.24, 2.45) is 5.92 Å². The van der Waals surface area contributed by atoms with Crippen LogP contribution in [-0.2, 0) is 4.79 Å². The van der Waals surface area contributed by atoms with Gasteiger partial charge in [-0.15, -0.1) is 11.8 Å². The van der Waals surface area contributed by atoms with Crippen molar-refractivity contribution in [1.82, 2.24) is 4.90 Å². The third-order valence-electron chi connectivity index (χ3n) is 3.98. The highest BCUT2D eigenvalue weighted by Gasteiger charge is 2.25.